The number of carbonyl (C=O) groups is 1. The fraction of sp³-hybridized carbons (Fsp3) is 0.538. The van der Waals surface area contributed by atoms with Crippen molar-refractivity contribution in [1.29, 1.82) is 0 Å². The molecule has 0 amide bonds. The molecule has 1 heterocycles. The Morgan fingerprint density at radius 3 is 2.56 bits per heavy atom. The summed E-state index contributed by atoms with van der Waals surface area (Å²) >= 11 is 0. The van der Waals surface area contributed by atoms with Crippen LogP contribution in [0, 0.1) is 0 Å². The van der Waals surface area contributed by atoms with Gasteiger partial charge >= 0.3 is 5.97 Å². The predicted molar refractivity (Wildman–Crippen MR) is 61.6 cm³/mol. The molecule has 2 rings (SSSR count). The molecule has 3 heteroatoms. The third-order valence-corrected chi connectivity index (χ3v) is 3.30. The van der Waals surface area contributed by atoms with Crippen molar-refractivity contribution in [3.8, 4) is 0 Å². The van der Waals surface area contributed by atoms with E-state index in [1.807, 2.05) is 0 Å². The summed E-state index contributed by atoms with van der Waals surface area (Å²) in [5, 5.41) is 8.94. The molecule has 1 aliphatic carbocycles. The number of hydrogen-bond acceptors (Lipinski definition) is 2. The fourth-order valence-corrected chi connectivity index (χ4v) is 2.38. The van der Waals surface area contributed by atoms with Gasteiger partial charge in [0.15, 0.2) is 0 Å². The van der Waals surface area contributed by atoms with Crippen molar-refractivity contribution >= 4 is 5.97 Å². The zero-order valence-corrected chi connectivity index (χ0v) is 9.35. The van der Waals surface area contributed by atoms with Crippen LogP contribution in [-0.4, -0.2) is 16.1 Å². The summed E-state index contributed by atoms with van der Waals surface area (Å²) in [6.45, 7) is 0. The largest absolute Gasteiger partial charge is 0.478 e. The number of pyridine rings is 1. The number of carboxylic acids is 1. The van der Waals surface area contributed by atoms with Crippen LogP contribution < -0.4 is 0 Å². The minimum Gasteiger partial charge on any atom is -0.478 e. The van der Waals surface area contributed by atoms with E-state index in [9.17, 15) is 4.79 Å². The van der Waals surface area contributed by atoms with Gasteiger partial charge in [-0.1, -0.05) is 25.7 Å². The van der Waals surface area contributed by atoms with E-state index in [1.54, 1.807) is 18.3 Å². The molecule has 0 radical (unpaired) electrons. The molecule has 0 aliphatic heterocycles. The molecule has 0 saturated heterocycles. The van der Waals surface area contributed by atoms with E-state index >= 15 is 0 Å². The lowest BCUT2D eigenvalue weighted by Crippen LogP contribution is -2.04. The average molecular weight is 219 g/mol. The molecule has 1 N–H and O–H groups in total. The maximum Gasteiger partial charge on any atom is 0.335 e. The van der Waals surface area contributed by atoms with Gasteiger partial charge in [-0.05, 0) is 25.0 Å². The van der Waals surface area contributed by atoms with Crippen LogP contribution in [0.15, 0.2) is 18.3 Å². The van der Waals surface area contributed by atoms with Crippen molar-refractivity contribution < 1.29 is 9.90 Å². The lowest BCUT2D eigenvalue weighted by molar-refractivity contribution is 0.0696. The predicted octanol–water partition coefficient (Wildman–Crippen LogP) is 3.22. The third-order valence-electron chi connectivity index (χ3n) is 3.30. The van der Waals surface area contributed by atoms with Gasteiger partial charge < -0.3 is 5.11 Å². The maximum atomic E-state index is 10.9. The first kappa shape index (κ1) is 11.1. The highest BCUT2D eigenvalue weighted by atomic mass is 16.4. The summed E-state index contributed by atoms with van der Waals surface area (Å²) in [4.78, 5) is 15.2. The van der Waals surface area contributed by atoms with E-state index in [-0.39, 0.29) is 0 Å². The van der Waals surface area contributed by atoms with Crippen molar-refractivity contribution in [2.24, 2.45) is 0 Å². The first-order valence-corrected chi connectivity index (χ1v) is 5.96. The average Bonchev–Trinajstić information content (AvgIpc) is 2.57. The van der Waals surface area contributed by atoms with Crippen molar-refractivity contribution in [3.63, 3.8) is 0 Å². The van der Waals surface area contributed by atoms with Gasteiger partial charge in [-0.3, -0.25) is 4.98 Å². The molecular weight excluding hydrogens is 202 g/mol. The molecule has 16 heavy (non-hydrogen) atoms. The summed E-state index contributed by atoms with van der Waals surface area (Å²) in [6.07, 6.45) is 8.99. The molecule has 3 nitrogen and oxygen atoms in total. The summed E-state index contributed by atoms with van der Waals surface area (Å²) in [7, 11) is 0. The third kappa shape index (κ3) is 2.60. The van der Waals surface area contributed by atoms with Crippen molar-refractivity contribution in [2.75, 3.05) is 0 Å². The number of nitrogens with zero attached hydrogens (tertiary/aromatic N) is 1. The molecule has 0 unspecified atom stereocenters. The Morgan fingerprint density at radius 1 is 1.25 bits per heavy atom. The molecule has 0 spiro atoms. The lowest BCUT2D eigenvalue weighted by Gasteiger charge is -2.13. The zero-order valence-electron chi connectivity index (χ0n) is 9.35. The molecule has 1 saturated carbocycles. The number of rotatable bonds is 2. The van der Waals surface area contributed by atoms with Crippen molar-refractivity contribution in [1.82, 2.24) is 4.98 Å². The van der Waals surface area contributed by atoms with Gasteiger partial charge in [0.2, 0.25) is 0 Å². The van der Waals surface area contributed by atoms with E-state index in [0.29, 0.717) is 11.5 Å². The van der Waals surface area contributed by atoms with Gasteiger partial charge in [0, 0.05) is 17.8 Å². The molecule has 1 fully saturated rings. The summed E-state index contributed by atoms with van der Waals surface area (Å²) in [5.74, 6) is -0.404. The van der Waals surface area contributed by atoms with Crippen LogP contribution in [0.5, 0.6) is 0 Å². The van der Waals surface area contributed by atoms with Gasteiger partial charge in [0.25, 0.3) is 0 Å². The minimum absolute atomic E-state index is 0.356. The Kier molecular flexibility index (Phi) is 3.54. The molecule has 86 valence electrons. The van der Waals surface area contributed by atoms with Crippen LogP contribution in [0.25, 0.3) is 0 Å². The first-order chi connectivity index (χ1) is 7.77. The standard InChI is InChI=1S/C13H17NO2/c15-13(16)11-7-8-14-12(9-11)10-5-3-1-2-4-6-10/h7-10H,1-6H2,(H,15,16). The number of hydrogen-bond donors (Lipinski definition) is 1. The van der Waals surface area contributed by atoms with Crippen LogP contribution in [0.4, 0.5) is 0 Å². The molecular formula is C13H17NO2. The first-order valence-electron chi connectivity index (χ1n) is 5.96. The van der Waals surface area contributed by atoms with Gasteiger partial charge in [-0.15, -0.1) is 0 Å². The van der Waals surface area contributed by atoms with Crippen LogP contribution in [0.3, 0.4) is 0 Å². The van der Waals surface area contributed by atoms with Gasteiger partial charge in [-0.2, -0.15) is 0 Å². The van der Waals surface area contributed by atoms with E-state index < -0.39 is 5.97 Å². The number of aromatic carboxylic acids is 1. The maximum absolute atomic E-state index is 10.9. The van der Waals surface area contributed by atoms with E-state index in [4.69, 9.17) is 5.11 Å². The second-order valence-corrected chi connectivity index (χ2v) is 4.46. The normalized spacial score (nSPS) is 18.0. The van der Waals surface area contributed by atoms with Gasteiger partial charge in [0.1, 0.15) is 0 Å². The van der Waals surface area contributed by atoms with E-state index in [0.717, 1.165) is 18.5 Å². The fourth-order valence-electron chi connectivity index (χ4n) is 2.38. The van der Waals surface area contributed by atoms with Crippen molar-refractivity contribution in [2.45, 2.75) is 44.4 Å². The number of aromatic nitrogens is 1. The van der Waals surface area contributed by atoms with Crippen molar-refractivity contribution in [3.05, 3.63) is 29.6 Å². The minimum atomic E-state index is -0.864. The Labute approximate surface area is 95.5 Å². The van der Waals surface area contributed by atoms with E-state index in [2.05, 4.69) is 4.98 Å². The molecule has 0 aromatic carbocycles. The van der Waals surface area contributed by atoms with Gasteiger partial charge in [0.05, 0.1) is 5.56 Å². The lowest BCUT2D eigenvalue weighted by atomic mass is 9.95. The molecule has 0 bridgehead atoms. The monoisotopic (exact) mass is 219 g/mol. The second kappa shape index (κ2) is 5.10. The second-order valence-electron chi connectivity index (χ2n) is 4.46. The molecule has 1 aromatic rings. The van der Waals surface area contributed by atoms with Crippen LogP contribution in [-0.2, 0) is 0 Å². The topological polar surface area (TPSA) is 50.2 Å². The Bertz CT molecular complexity index is 368. The molecule has 1 aliphatic rings. The highest BCUT2D eigenvalue weighted by Crippen LogP contribution is 2.30. The summed E-state index contributed by atoms with van der Waals surface area (Å²) in [6, 6.07) is 3.29. The summed E-state index contributed by atoms with van der Waals surface area (Å²) in [5.41, 5.74) is 1.32. The highest BCUT2D eigenvalue weighted by Gasteiger charge is 2.16. The van der Waals surface area contributed by atoms with Gasteiger partial charge in [-0.25, -0.2) is 4.79 Å². The van der Waals surface area contributed by atoms with Crippen LogP contribution in [0.2, 0.25) is 0 Å². The smallest absolute Gasteiger partial charge is 0.335 e. The Morgan fingerprint density at radius 2 is 1.94 bits per heavy atom. The summed E-state index contributed by atoms with van der Waals surface area (Å²) < 4.78 is 0. The molecule has 1 aromatic heterocycles. The SMILES string of the molecule is O=C(O)c1ccnc(C2CCCCCC2)c1. The van der Waals surface area contributed by atoms with Crippen LogP contribution in [0.1, 0.15) is 60.5 Å². The zero-order chi connectivity index (χ0) is 11.4. The Balaban J connectivity index is 2.18. The van der Waals surface area contributed by atoms with E-state index in [1.165, 1.54) is 25.7 Å². The quantitative estimate of drug-likeness (QED) is 0.777. The Hall–Kier alpha value is -1.38. The number of carboxylic acid groups (broad SMARTS) is 1. The highest BCUT2D eigenvalue weighted by molar-refractivity contribution is 5.87. The molecule has 0 atom stereocenters. The van der Waals surface area contributed by atoms with Crippen LogP contribution >= 0.6 is 0 Å².